The maximum absolute atomic E-state index is 12.3. The number of hydrogen-bond donors (Lipinski definition) is 1. The minimum atomic E-state index is -0.407. The molecule has 24 heavy (non-hydrogen) atoms. The molecule has 0 unspecified atom stereocenters. The molecule has 0 saturated carbocycles. The molecule has 7 heteroatoms. The SMILES string of the molecule is O=C1OC2(CCOCC2)CN1c1cc(CC2CCNCC2)ncn1. The number of rotatable bonds is 3. The van der Waals surface area contributed by atoms with Gasteiger partial charge in [0.05, 0.1) is 19.8 Å². The predicted molar refractivity (Wildman–Crippen MR) is 87.9 cm³/mol. The molecule has 1 N–H and O–H groups in total. The summed E-state index contributed by atoms with van der Waals surface area (Å²) in [6.07, 6.45) is 6.06. The van der Waals surface area contributed by atoms with E-state index < -0.39 is 5.60 Å². The molecule has 3 fully saturated rings. The third kappa shape index (κ3) is 3.23. The molecule has 4 rings (SSSR count). The van der Waals surface area contributed by atoms with Crippen LogP contribution in [-0.4, -0.2) is 54.5 Å². The van der Waals surface area contributed by atoms with E-state index in [1.165, 1.54) is 12.8 Å². The van der Waals surface area contributed by atoms with Crippen LogP contribution in [0, 0.1) is 5.92 Å². The maximum Gasteiger partial charge on any atom is 0.416 e. The lowest BCUT2D eigenvalue weighted by molar-refractivity contribution is -0.0431. The quantitative estimate of drug-likeness (QED) is 0.904. The molecule has 3 aliphatic heterocycles. The van der Waals surface area contributed by atoms with Crippen LogP contribution >= 0.6 is 0 Å². The van der Waals surface area contributed by atoms with Crippen LogP contribution in [0.1, 0.15) is 31.4 Å². The van der Waals surface area contributed by atoms with Gasteiger partial charge in [0.15, 0.2) is 0 Å². The summed E-state index contributed by atoms with van der Waals surface area (Å²) in [6, 6.07) is 1.95. The summed E-state index contributed by atoms with van der Waals surface area (Å²) >= 11 is 0. The van der Waals surface area contributed by atoms with E-state index in [2.05, 4.69) is 15.3 Å². The van der Waals surface area contributed by atoms with Crippen LogP contribution in [-0.2, 0) is 15.9 Å². The normalized spacial score (nSPS) is 24.3. The fourth-order valence-corrected chi connectivity index (χ4v) is 3.83. The molecule has 1 amide bonds. The number of anilines is 1. The minimum Gasteiger partial charge on any atom is -0.440 e. The van der Waals surface area contributed by atoms with Gasteiger partial charge >= 0.3 is 6.09 Å². The Bertz CT molecular complexity index is 597. The van der Waals surface area contributed by atoms with Gasteiger partial charge in [0.2, 0.25) is 0 Å². The van der Waals surface area contributed by atoms with E-state index in [-0.39, 0.29) is 6.09 Å². The van der Waals surface area contributed by atoms with E-state index in [1.54, 1.807) is 11.2 Å². The Morgan fingerprint density at radius 3 is 2.83 bits per heavy atom. The number of nitrogens with one attached hydrogen (secondary N) is 1. The monoisotopic (exact) mass is 332 g/mol. The van der Waals surface area contributed by atoms with Gasteiger partial charge in [0, 0.05) is 24.6 Å². The van der Waals surface area contributed by atoms with Crippen molar-refractivity contribution in [3.8, 4) is 0 Å². The molecule has 0 bridgehead atoms. The second kappa shape index (κ2) is 6.64. The highest BCUT2D eigenvalue weighted by atomic mass is 16.6. The average Bonchev–Trinajstić information content (AvgIpc) is 2.92. The summed E-state index contributed by atoms with van der Waals surface area (Å²) in [5.74, 6) is 1.31. The van der Waals surface area contributed by atoms with Gasteiger partial charge in [-0.05, 0) is 38.3 Å². The molecule has 1 spiro atoms. The minimum absolute atomic E-state index is 0.302. The summed E-state index contributed by atoms with van der Waals surface area (Å²) in [5.41, 5.74) is 0.600. The van der Waals surface area contributed by atoms with Crippen LogP contribution in [0.5, 0.6) is 0 Å². The van der Waals surface area contributed by atoms with Crippen molar-refractivity contribution >= 4 is 11.9 Å². The summed E-state index contributed by atoms with van der Waals surface area (Å²) < 4.78 is 11.1. The Labute approximate surface area is 141 Å². The van der Waals surface area contributed by atoms with Crippen molar-refractivity contribution in [3.05, 3.63) is 18.1 Å². The molecule has 4 heterocycles. The third-order valence-corrected chi connectivity index (χ3v) is 5.32. The summed E-state index contributed by atoms with van der Waals surface area (Å²) in [4.78, 5) is 22.7. The van der Waals surface area contributed by atoms with Crippen molar-refractivity contribution in [2.24, 2.45) is 5.92 Å². The summed E-state index contributed by atoms with van der Waals surface area (Å²) in [6.45, 7) is 3.99. The highest BCUT2D eigenvalue weighted by Crippen LogP contribution is 2.34. The molecular weight excluding hydrogens is 308 g/mol. The van der Waals surface area contributed by atoms with Crippen LogP contribution in [0.3, 0.4) is 0 Å². The number of carbonyl (C=O) groups is 1. The van der Waals surface area contributed by atoms with Crippen molar-refractivity contribution in [1.29, 1.82) is 0 Å². The van der Waals surface area contributed by atoms with Crippen molar-refractivity contribution < 1.29 is 14.3 Å². The number of nitrogens with zero attached hydrogens (tertiary/aromatic N) is 3. The van der Waals surface area contributed by atoms with Crippen molar-refractivity contribution in [1.82, 2.24) is 15.3 Å². The molecule has 3 saturated heterocycles. The Morgan fingerprint density at radius 2 is 2.04 bits per heavy atom. The maximum atomic E-state index is 12.3. The lowest BCUT2D eigenvalue weighted by Gasteiger charge is -2.30. The Kier molecular flexibility index (Phi) is 4.37. The number of hydrogen-bond acceptors (Lipinski definition) is 6. The standard InChI is InChI=1S/C17H24N4O3/c22-16-21(11-17(24-16)3-7-23-8-4-17)15-10-14(19-12-20-15)9-13-1-5-18-6-2-13/h10,12-13,18H,1-9,11H2. The zero-order chi connectivity index (χ0) is 16.4. The molecule has 130 valence electrons. The van der Waals surface area contributed by atoms with Gasteiger partial charge in [-0.3, -0.25) is 4.90 Å². The second-order valence-electron chi connectivity index (χ2n) is 7.01. The van der Waals surface area contributed by atoms with Crippen LogP contribution in [0.2, 0.25) is 0 Å². The lowest BCUT2D eigenvalue weighted by Crippen LogP contribution is -2.40. The number of piperidine rings is 1. The van der Waals surface area contributed by atoms with Gasteiger partial charge in [-0.1, -0.05) is 0 Å². The van der Waals surface area contributed by atoms with Gasteiger partial charge < -0.3 is 14.8 Å². The number of amides is 1. The van der Waals surface area contributed by atoms with Gasteiger partial charge in [0.25, 0.3) is 0 Å². The first-order valence-electron chi connectivity index (χ1n) is 8.84. The zero-order valence-corrected chi connectivity index (χ0v) is 13.9. The molecule has 7 nitrogen and oxygen atoms in total. The summed E-state index contributed by atoms with van der Waals surface area (Å²) in [7, 11) is 0. The van der Waals surface area contributed by atoms with E-state index in [0.29, 0.717) is 31.5 Å². The highest BCUT2D eigenvalue weighted by molar-refractivity contribution is 5.89. The first-order valence-corrected chi connectivity index (χ1v) is 8.84. The van der Waals surface area contributed by atoms with Crippen LogP contribution in [0.15, 0.2) is 12.4 Å². The first kappa shape index (κ1) is 15.8. The van der Waals surface area contributed by atoms with E-state index in [9.17, 15) is 4.79 Å². The van der Waals surface area contributed by atoms with Gasteiger partial charge in [-0.25, -0.2) is 14.8 Å². The fourth-order valence-electron chi connectivity index (χ4n) is 3.83. The van der Waals surface area contributed by atoms with Gasteiger partial charge in [-0.2, -0.15) is 0 Å². The van der Waals surface area contributed by atoms with Crippen molar-refractivity contribution in [2.45, 2.75) is 37.7 Å². The number of carbonyl (C=O) groups excluding carboxylic acids is 1. The molecule has 0 aliphatic carbocycles. The lowest BCUT2D eigenvalue weighted by atomic mass is 9.93. The number of aromatic nitrogens is 2. The molecule has 3 aliphatic rings. The smallest absolute Gasteiger partial charge is 0.416 e. The molecular formula is C17H24N4O3. The van der Waals surface area contributed by atoms with Crippen molar-refractivity contribution in [2.75, 3.05) is 37.7 Å². The molecule has 0 radical (unpaired) electrons. The first-order chi connectivity index (χ1) is 11.7. The van der Waals surface area contributed by atoms with Gasteiger partial charge in [0.1, 0.15) is 17.7 Å². The van der Waals surface area contributed by atoms with Crippen LogP contribution in [0.4, 0.5) is 10.6 Å². The third-order valence-electron chi connectivity index (χ3n) is 5.32. The van der Waals surface area contributed by atoms with Crippen molar-refractivity contribution in [3.63, 3.8) is 0 Å². The zero-order valence-electron chi connectivity index (χ0n) is 13.9. The van der Waals surface area contributed by atoms with E-state index in [4.69, 9.17) is 9.47 Å². The number of ether oxygens (including phenoxy) is 2. The molecule has 1 aromatic heterocycles. The van der Waals surface area contributed by atoms with E-state index >= 15 is 0 Å². The fraction of sp³-hybridized carbons (Fsp3) is 0.706. The largest absolute Gasteiger partial charge is 0.440 e. The van der Waals surface area contributed by atoms with Crippen LogP contribution < -0.4 is 10.2 Å². The molecule has 1 aromatic rings. The Hall–Kier alpha value is -1.73. The Balaban J connectivity index is 1.47. The highest BCUT2D eigenvalue weighted by Gasteiger charge is 2.47. The molecule has 0 aromatic carbocycles. The predicted octanol–water partition coefficient (Wildman–Crippen LogP) is 1.52. The van der Waals surface area contributed by atoms with Gasteiger partial charge in [-0.15, -0.1) is 0 Å². The summed E-state index contributed by atoms with van der Waals surface area (Å²) in [5, 5.41) is 3.38. The molecule has 0 atom stereocenters. The van der Waals surface area contributed by atoms with E-state index in [0.717, 1.165) is 38.0 Å². The van der Waals surface area contributed by atoms with E-state index in [1.807, 2.05) is 6.07 Å². The Morgan fingerprint density at radius 1 is 1.25 bits per heavy atom. The second-order valence-corrected chi connectivity index (χ2v) is 7.01. The van der Waals surface area contributed by atoms with Crippen LogP contribution in [0.25, 0.3) is 0 Å². The average molecular weight is 332 g/mol. The topological polar surface area (TPSA) is 76.6 Å².